The molecule has 138 valence electrons. The van der Waals surface area contributed by atoms with Gasteiger partial charge in [0.05, 0.1) is 11.4 Å². The fourth-order valence-electron chi connectivity index (χ4n) is 2.27. The second-order valence-corrected chi connectivity index (χ2v) is 6.17. The van der Waals surface area contributed by atoms with E-state index in [1.165, 1.54) is 25.1 Å². The van der Waals surface area contributed by atoms with Crippen molar-refractivity contribution in [2.45, 2.75) is 26.9 Å². The van der Waals surface area contributed by atoms with Gasteiger partial charge in [0.25, 0.3) is 5.91 Å². The molecule has 1 aromatic carbocycles. The third-order valence-electron chi connectivity index (χ3n) is 3.80. The van der Waals surface area contributed by atoms with Crippen LogP contribution < -0.4 is 5.32 Å². The van der Waals surface area contributed by atoms with E-state index >= 15 is 0 Å². The maximum absolute atomic E-state index is 13.7. The van der Waals surface area contributed by atoms with Crippen LogP contribution in [0.5, 0.6) is 0 Å². The first kappa shape index (κ1) is 19.7. The van der Waals surface area contributed by atoms with Crippen LogP contribution in [0, 0.1) is 19.7 Å². The van der Waals surface area contributed by atoms with Crippen molar-refractivity contribution >= 4 is 35.2 Å². The summed E-state index contributed by atoms with van der Waals surface area (Å²) >= 11 is 5.66. The van der Waals surface area contributed by atoms with Gasteiger partial charge in [0, 0.05) is 29.4 Å². The molecule has 0 saturated carbocycles. The minimum atomic E-state index is -1.10. The number of carbonyl (C=O) groups is 2. The van der Waals surface area contributed by atoms with Crippen LogP contribution in [0.4, 0.5) is 10.1 Å². The average Bonchev–Trinajstić information content (AvgIpc) is 2.80. The number of nitrogens with zero attached hydrogens (tertiary/aromatic N) is 2. The van der Waals surface area contributed by atoms with Gasteiger partial charge in [-0.05, 0) is 45.0 Å². The molecule has 6 nitrogen and oxygen atoms in total. The molecule has 0 bridgehead atoms. The van der Waals surface area contributed by atoms with Crippen molar-refractivity contribution in [1.29, 1.82) is 0 Å². The fourth-order valence-corrected chi connectivity index (χ4v) is 2.43. The molecule has 0 aliphatic carbocycles. The Labute approximate surface area is 155 Å². The zero-order valence-corrected chi connectivity index (χ0v) is 15.6. The number of rotatable bonds is 5. The highest BCUT2D eigenvalue weighted by molar-refractivity contribution is 6.30. The standard InChI is InChI=1S/C18H19ClFN3O3/c1-10-14(11(2)23(4)22-10)6-8-17(24)26-12(3)18(25)21-16-7-5-13(19)9-15(16)20/h5-9,12H,1-4H3,(H,21,25)/b8-6+/t12-/m1/s1. The smallest absolute Gasteiger partial charge is 0.331 e. The molecular formula is C18H19ClFN3O3. The molecule has 1 heterocycles. The van der Waals surface area contributed by atoms with E-state index < -0.39 is 23.8 Å². The van der Waals surface area contributed by atoms with Gasteiger partial charge in [-0.1, -0.05) is 11.6 Å². The third-order valence-corrected chi connectivity index (χ3v) is 4.04. The fraction of sp³-hybridized carbons (Fsp3) is 0.278. The van der Waals surface area contributed by atoms with Crippen LogP contribution in [0.2, 0.25) is 5.02 Å². The second-order valence-electron chi connectivity index (χ2n) is 5.73. The van der Waals surface area contributed by atoms with E-state index in [9.17, 15) is 14.0 Å². The Morgan fingerprint density at radius 2 is 2.08 bits per heavy atom. The highest BCUT2D eigenvalue weighted by atomic mass is 35.5. The summed E-state index contributed by atoms with van der Waals surface area (Å²) in [6.07, 6.45) is 1.71. The van der Waals surface area contributed by atoms with E-state index in [1.54, 1.807) is 17.8 Å². The lowest BCUT2D eigenvalue weighted by Gasteiger charge is -2.13. The van der Waals surface area contributed by atoms with Crippen molar-refractivity contribution < 1.29 is 18.7 Å². The molecule has 0 fully saturated rings. The Hall–Kier alpha value is -2.67. The first-order valence-electron chi connectivity index (χ1n) is 7.84. The number of ether oxygens (including phenoxy) is 1. The summed E-state index contributed by atoms with van der Waals surface area (Å²) in [5.41, 5.74) is 2.44. The lowest BCUT2D eigenvalue weighted by Crippen LogP contribution is -2.29. The molecular weight excluding hydrogens is 361 g/mol. The third kappa shape index (κ3) is 4.70. The molecule has 2 aromatic rings. The largest absolute Gasteiger partial charge is 0.449 e. The molecule has 26 heavy (non-hydrogen) atoms. The number of aryl methyl sites for hydroxylation is 2. The summed E-state index contributed by atoms with van der Waals surface area (Å²) in [5, 5.41) is 6.81. The van der Waals surface area contributed by atoms with Crippen LogP contribution >= 0.6 is 11.6 Å². The molecule has 0 aliphatic rings. The Morgan fingerprint density at radius 1 is 1.38 bits per heavy atom. The minimum absolute atomic E-state index is 0.0422. The van der Waals surface area contributed by atoms with Crippen LogP contribution in [0.1, 0.15) is 23.9 Å². The number of esters is 1. The molecule has 0 aliphatic heterocycles. The normalized spacial score (nSPS) is 12.2. The van der Waals surface area contributed by atoms with E-state index in [-0.39, 0.29) is 10.7 Å². The van der Waals surface area contributed by atoms with Gasteiger partial charge < -0.3 is 10.1 Å². The summed E-state index contributed by atoms with van der Waals surface area (Å²) < 4.78 is 20.4. The summed E-state index contributed by atoms with van der Waals surface area (Å²) in [6.45, 7) is 5.10. The number of aromatic nitrogens is 2. The molecule has 8 heteroatoms. The van der Waals surface area contributed by atoms with E-state index in [4.69, 9.17) is 16.3 Å². The number of halogens is 2. The summed E-state index contributed by atoms with van der Waals surface area (Å²) in [4.78, 5) is 24.0. The summed E-state index contributed by atoms with van der Waals surface area (Å²) in [5.74, 6) is -2.01. The molecule has 0 spiro atoms. The average molecular weight is 380 g/mol. The highest BCUT2D eigenvalue weighted by Crippen LogP contribution is 2.19. The molecule has 1 atom stereocenters. The van der Waals surface area contributed by atoms with Gasteiger partial charge in [-0.15, -0.1) is 0 Å². The number of benzene rings is 1. The van der Waals surface area contributed by atoms with Gasteiger partial charge in [0.1, 0.15) is 5.82 Å². The predicted octanol–water partition coefficient (Wildman–Crippen LogP) is 3.41. The van der Waals surface area contributed by atoms with Gasteiger partial charge >= 0.3 is 5.97 Å². The first-order valence-corrected chi connectivity index (χ1v) is 8.21. The number of nitrogens with one attached hydrogen (secondary N) is 1. The van der Waals surface area contributed by atoms with Crippen LogP contribution in [-0.2, 0) is 21.4 Å². The SMILES string of the molecule is Cc1nn(C)c(C)c1/C=C/C(=O)O[C@H](C)C(=O)Nc1ccc(Cl)cc1F. The number of anilines is 1. The van der Waals surface area contributed by atoms with Crippen molar-refractivity contribution in [3.8, 4) is 0 Å². The molecule has 0 radical (unpaired) electrons. The van der Waals surface area contributed by atoms with Crippen LogP contribution in [0.3, 0.4) is 0 Å². The zero-order chi connectivity index (χ0) is 19.4. The summed E-state index contributed by atoms with van der Waals surface area (Å²) in [6, 6.07) is 3.85. The maximum atomic E-state index is 13.7. The quantitative estimate of drug-likeness (QED) is 0.638. The Balaban J connectivity index is 1.97. The lowest BCUT2D eigenvalue weighted by molar-refractivity contribution is -0.148. The minimum Gasteiger partial charge on any atom is -0.449 e. The number of carbonyl (C=O) groups excluding carboxylic acids is 2. The van der Waals surface area contributed by atoms with Crippen molar-refractivity contribution in [2.24, 2.45) is 7.05 Å². The van der Waals surface area contributed by atoms with E-state index in [2.05, 4.69) is 10.4 Å². The van der Waals surface area contributed by atoms with Crippen molar-refractivity contribution in [3.05, 3.63) is 52.1 Å². The van der Waals surface area contributed by atoms with Crippen molar-refractivity contribution in [3.63, 3.8) is 0 Å². The Morgan fingerprint density at radius 3 is 2.65 bits per heavy atom. The van der Waals surface area contributed by atoms with Crippen LogP contribution in [-0.4, -0.2) is 27.8 Å². The monoisotopic (exact) mass is 379 g/mol. The van der Waals surface area contributed by atoms with E-state index in [0.29, 0.717) is 0 Å². The molecule has 0 saturated heterocycles. The van der Waals surface area contributed by atoms with Crippen LogP contribution in [0.25, 0.3) is 6.08 Å². The summed E-state index contributed by atoms with van der Waals surface area (Å²) in [7, 11) is 1.81. The lowest BCUT2D eigenvalue weighted by atomic mass is 10.2. The Bertz CT molecular complexity index is 877. The number of hydrogen-bond donors (Lipinski definition) is 1. The molecule has 1 aromatic heterocycles. The first-order chi connectivity index (χ1) is 12.2. The van der Waals surface area contributed by atoms with Gasteiger partial charge in [0.15, 0.2) is 6.10 Å². The molecule has 0 unspecified atom stereocenters. The van der Waals surface area contributed by atoms with Crippen molar-refractivity contribution in [1.82, 2.24) is 9.78 Å². The topological polar surface area (TPSA) is 73.2 Å². The van der Waals surface area contributed by atoms with E-state index in [1.807, 2.05) is 13.8 Å². The molecule has 2 rings (SSSR count). The predicted molar refractivity (Wildman–Crippen MR) is 97.3 cm³/mol. The zero-order valence-electron chi connectivity index (χ0n) is 14.8. The highest BCUT2D eigenvalue weighted by Gasteiger charge is 2.18. The van der Waals surface area contributed by atoms with Gasteiger partial charge in [0.2, 0.25) is 0 Å². The van der Waals surface area contributed by atoms with E-state index in [0.717, 1.165) is 23.0 Å². The van der Waals surface area contributed by atoms with Gasteiger partial charge in [-0.25, -0.2) is 9.18 Å². The maximum Gasteiger partial charge on any atom is 0.331 e. The van der Waals surface area contributed by atoms with Crippen molar-refractivity contribution in [2.75, 3.05) is 5.32 Å². The van der Waals surface area contributed by atoms with Crippen LogP contribution in [0.15, 0.2) is 24.3 Å². The van der Waals surface area contributed by atoms with Gasteiger partial charge in [-0.2, -0.15) is 5.10 Å². The second kappa shape index (κ2) is 8.14. The number of hydrogen-bond acceptors (Lipinski definition) is 4. The Kier molecular flexibility index (Phi) is 6.15. The van der Waals surface area contributed by atoms with Gasteiger partial charge in [-0.3, -0.25) is 9.48 Å². The molecule has 1 N–H and O–H groups in total. The number of amides is 1. The molecule has 1 amide bonds.